The van der Waals surface area contributed by atoms with Crippen molar-refractivity contribution in [1.82, 2.24) is 0 Å². The predicted molar refractivity (Wildman–Crippen MR) is 62.0 cm³/mol. The monoisotopic (exact) mass is 296 g/mol. The number of oxime groups is 1. The van der Waals surface area contributed by atoms with E-state index in [9.17, 15) is 17.6 Å². The second-order valence-corrected chi connectivity index (χ2v) is 3.70. The fourth-order valence-electron chi connectivity index (χ4n) is 1.25. The second-order valence-electron chi connectivity index (χ2n) is 3.70. The van der Waals surface area contributed by atoms with E-state index in [2.05, 4.69) is 9.89 Å². The van der Waals surface area contributed by atoms with Crippen molar-refractivity contribution in [3.63, 3.8) is 0 Å². The Morgan fingerprint density at radius 1 is 1.45 bits per heavy atom. The molecular weight excluding hydrogens is 284 g/mol. The minimum absolute atomic E-state index is 0.0293. The van der Waals surface area contributed by atoms with Crippen LogP contribution in [0.4, 0.5) is 17.6 Å². The zero-order valence-electron chi connectivity index (χ0n) is 10.3. The van der Waals surface area contributed by atoms with Crippen LogP contribution in [0.3, 0.4) is 0 Å². The van der Waals surface area contributed by atoms with Gasteiger partial charge in [-0.1, -0.05) is 5.16 Å². The average Bonchev–Trinajstić information content (AvgIpc) is 2.43. The predicted octanol–water partition coefficient (Wildman–Crippen LogP) is 2.07. The molecule has 1 rings (SSSR count). The smallest absolute Gasteiger partial charge is 0.340 e. The number of alkyl halides is 4. The Morgan fingerprint density at radius 3 is 2.60 bits per heavy atom. The molecule has 0 bridgehead atoms. The van der Waals surface area contributed by atoms with Crippen LogP contribution in [0.25, 0.3) is 0 Å². The molecule has 0 saturated heterocycles. The van der Waals surface area contributed by atoms with E-state index in [0.717, 1.165) is 6.07 Å². The van der Waals surface area contributed by atoms with E-state index in [0.29, 0.717) is 0 Å². The summed E-state index contributed by atoms with van der Waals surface area (Å²) in [5.41, 5.74) is 5.30. The van der Waals surface area contributed by atoms with Crippen molar-refractivity contribution >= 4 is 5.84 Å². The zero-order chi connectivity index (χ0) is 15.3. The Kier molecular flexibility index (Phi) is 5.00. The summed E-state index contributed by atoms with van der Waals surface area (Å²) >= 11 is 0. The van der Waals surface area contributed by atoms with Gasteiger partial charge < -0.3 is 20.4 Å². The second kappa shape index (κ2) is 6.31. The summed E-state index contributed by atoms with van der Waals surface area (Å²) in [7, 11) is 1.32. The average molecular weight is 296 g/mol. The first kappa shape index (κ1) is 15.9. The molecular formula is C11H12F4N2O3. The molecule has 1 aromatic carbocycles. The molecule has 112 valence electrons. The standard InChI is InChI=1S/C11H12F4N2O3/c1-19-6-2-3-7(9(16)17-18)8(4-6)20-5-11(14,15)10(12)13/h2-4,10,18H,5H2,1H3,(H2,16,17). The zero-order valence-corrected chi connectivity index (χ0v) is 10.3. The lowest BCUT2D eigenvalue weighted by atomic mass is 10.1. The number of amidine groups is 1. The van der Waals surface area contributed by atoms with Gasteiger partial charge in [-0.15, -0.1) is 0 Å². The fraction of sp³-hybridized carbons (Fsp3) is 0.364. The van der Waals surface area contributed by atoms with Crippen molar-refractivity contribution in [1.29, 1.82) is 0 Å². The maximum absolute atomic E-state index is 12.8. The minimum atomic E-state index is -4.31. The Labute approximate surface area is 111 Å². The molecule has 0 radical (unpaired) electrons. The van der Waals surface area contributed by atoms with Crippen LogP contribution < -0.4 is 15.2 Å². The summed E-state index contributed by atoms with van der Waals surface area (Å²) in [5, 5.41) is 11.3. The molecule has 0 aromatic heterocycles. The molecule has 0 amide bonds. The summed E-state index contributed by atoms with van der Waals surface area (Å²) in [4.78, 5) is 0. The van der Waals surface area contributed by atoms with Crippen LogP contribution in [-0.2, 0) is 0 Å². The van der Waals surface area contributed by atoms with Gasteiger partial charge in [-0.2, -0.15) is 8.78 Å². The molecule has 0 unspecified atom stereocenters. The van der Waals surface area contributed by atoms with Gasteiger partial charge >= 0.3 is 12.3 Å². The van der Waals surface area contributed by atoms with Crippen LogP contribution in [0.1, 0.15) is 5.56 Å². The molecule has 0 spiro atoms. The number of halogens is 4. The molecule has 0 aliphatic carbocycles. The van der Waals surface area contributed by atoms with Crippen LogP contribution in [0.5, 0.6) is 11.5 Å². The first-order valence-electron chi connectivity index (χ1n) is 5.26. The van der Waals surface area contributed by atoms with Crippen molar-refractivity contribution in [3.05, 3.63) is 23.8 Å². The number of ether oxygens (including phenoxy) is 2. The lowest BCUT2D eigenvalue weighted by Gasteiger charge is -2.18. The van der Waals surface area contributed by atoms with Gasteiger partial charge in [0, 0.05) is 6.07 Å². The Balaban J connectivity index is 3.02. The molecule has 20 heavy (non-hydrogen) atoms. The number of benzene rings is 1. The van der Waals surface area contributed by atoms with Gasteiger partial charge in [-0.25, -0.2) is 8.78 Å². The minimum Gasteiger partial charge on any atom is -0.497 e. The Hall–Kier alpha value is -2.19. The molecule has 1 aromatic rings. The highest BCUT2D eigenvalue weighted by Gasteiger charge is 2.41. The van der Waals surface area contributed by atoms with Crippen molar-refractivity contribution in [2.24, 2.45) is 10.9 Å². The van der Waals surface area contributed by atoms with Gasteiger partial charge in [-0.3, -0.25) is 0 Å². The van der Waals surface area contributed by atoms with E-state index < -0.39 is 24.8 Å². The summed E-state index contributed by atoms with van der Waals surface area (Å²) in [5.74, 6) is -4.76. The first-order chi connectivity index (χ1) is 9.31. The summed E-state index contributed by atoms with van der Waals surface area (Å²) in [6.07, 6.45) is -3.86. The van der Waals surface area contributed by atoms with Gasteiger partial charge in [0.15, 0.2) is 12.4 Å². The molecule has 0 fully saturated rings. The van der Waals surface area contributed by atoms with Gasteiger partial charge in [0.25, 0.3) is 0 Å². The largest absolute Gasteiger partial charge is 0.497 e. The third-order valence-electron chi connectivity index (χ3n) is 2.31. The van der Waals surface area contributed by atoms with Crippen LogP contribution in [0, 0.1) is 0 Å². The lowest BCUT2D eigenvalue weighted by molar-refractivity contribution is -0.148. The molecule has 0 aliphatic rings. The highest BCUT2D eigenvalue weighted by Crippen LogP contribution is 2.28. The summed E-state index contributed by atoms with van der Waals surface area (Å²) in [6, 6.07) is 3.85. The van der Waals surface area contributed by atoms with Gasteiger partial charge in [0.05, 0.1) is 12.7 Å². The van der Waals surface area contributed by atoms with E-state index in [4.69, 9.17) is 15.7 Å². The number of rotatable bonds is 6. The molecule has 0 aliphatic heterocycles. The van der Waals surface area contributed by atoms with Crippen molar-refractivity contribution < 1.29 is 32.2 Å². The quantitative estimate of drug-likeness (QED) is 0.277. The molecule has 9 heteroatoms. The van der Waals surface area contributed by atoms with Gasteiger partial charge in [0.2, 0.25) is 0 Å². The lowest BCUT2D eigenvalue weighted by Crippen LogP contribution is -2.34. The summed E-state index contributed by atoms with van der Waals surface area (Å²) in [6.45, 7) is -1.55. The number of hydrogen-bond acceptors (Lipinski definition) is 4. The number of hydrogen-bond donors (Lipinski definition) is 2. The maximum Gasteiger partial charge on any atom is 0.340 e. The Morgan fingerprint density at radius 2 is 2.10 bits per heavy atom. The third-order valence-corrected chi connectivity index (χ3v) is 2.31. The van der Waals surface area contributed by atoms with Crippen molar-refractivity contribution in [2.75, 3.05) is 13.7 Å². The maximum atomic E-state index is 12.8. The van der Waals surface area contributed by atoms with Crippen LogP contribution in [0.15, 0.2) is 23.4 Å². The number of methoxy groups -OCH3 is 1. The fourth-order valence-corrected chi connectivity index (χ4v) is 1.25. The van der Waals surface area contributed by atoms with Gasteiger partial charge in [-0.05, 0) is 12.1 Å². The molecule has 0 atom stereocenters. The number of nitrogens with two attached hydrogens (primary N) is 1. The van der Waals surface area contributed by atoms with E-state index in [1.807, 2.05) is 0 Å². The van der Waals surface area contributed by atoms with E-state index >= 15 is 0 Å². The topological polar surface area (TPSA) is 77.1 Å². The normalized spacial score (nSPS) is 12.6. The van der Waals surface area contributed by atoms with E-state index in [1.54, 1.807) is 0 Å². The molecule has 3 N–H and O–H groups in total. The van der Waals surface area contributed by atoms with Crippen LogP contribution in [0.2, 0.25) is 0 Å². The number of nitrogens with zero attached hydrogens (tertiary/aromatic N) is 1. The highest BCUT2D eigenvalue weighted by atomic mass is 19.3. The highest BCUT2D eigenvalue weighted by molar-refractivity contribution is 5.99. The third kappa shape index (κ3) is 3.65. The SMILES string of the molecule is COc1ccc(/C(N)=N/O)c(OCC(F)(F)C(F)F)c1. The van der Waals surface area contributed by atoms with Crippen LogP contribution in [-0.4, -0.2) is 37.1 Å². The van der Waals surface area contributed by atoms with Gasteiger partial charge in [0.1, 0.15) is 11.5 Å². The molecule has 0 heterocycles. The van der Waals surface area contributed by atoms with E-state index in [-0.39, 0.29) is 17.1 Å². The summed E-state index contributed by atoms with van der Waals surface area (Å²) < 4.78 is 59.2. The van der Waals surface area contributed by atoms with Crippen molar-refractivity contribution in [2.45, 2.75) is 12.3 Å². The molecule has 5 nitrogen and oxygen atoms in total. The van der Waals surface area contributed by atoms with Crippen LogP contribution >= 0.6 is 0 Å². The van der Waals surface area contributed by atoms with E-state index in [1.165, 1.54) is 19.2 Å². The Bertz CT molecular complexity index is 495. The molecule has 0 saturated carbocycles. The first-order valence-corrected chi connectivity index (χ1v) is 5.26. The van der Waals surface area contributed by atoms with Crippen molar-refractivity contribution in [3.8, 4) is 11.5 Å².